The number of carbonyl (C=O) groups is 2. The third kappa shape index (κ3) is 2.55. The van der Waals surface area contributed by atoms with Crippen molar-refractivity contribution in [1.29, 1.82) is 0 Å². The normalized spacial score (nSPS) is 27.1. The van der Waals surface area contributed by atoms with E-state index in [0.717, 1.165) is 6.29 Å². The Morgan fingerprint density at radius 3 is 2.60 bits per heavy atom. The minimum atomic E-state index is -0.385. The van der Waals surface area contributed by atoms with Gasteiger partial charge in [-0.1, -0.05) is 13.8 Å². The van der Waals surface area contributed by atoms with Gasteiger partial charge in [-0.15, -0.1) is 0 Å². The number of rotatable bonds is 6. The van der Waals surface area contributed by atoms with Crippen LogP contribution >= 0.6 is 0 Å². The van der Waals surface area contributed by atoms with Crippen molar-refractivity contribution in [1.82, 2.24) is 0 Å². The van der Waals surface area contributed by atoms with Gasteiger partial charge in [0.1, 0.15) is 6.29 Å². The number of carbonyl (C=O) groups excluding carboxylic acids is 2. The lowest BCUT2D eigenvalue weighted by Crippen LogP contribution is -2.11. The van der Waals surface area contributed by atoms with Gasteiger partial charge in [0.25, 0.3) is 0 Å². The van der Waals surface area contributed by atoms with E-state index in [9.17, 15) is 14.0 Å². The summed E-state index contributed by atoms with van der Waals surface area (Å²) in [5, 5.41) is 0. The molecule has 1 saturated carbocycles. The van der Waals surface area contributed by atoms with Crippen molar-refractivity contribution in [2.24, 2.45) is 17.3 Å². The molecule has 2 unspecified atom stereocenters. The standard InChI is InChI=1S/C11H17FO3/c1-11(2)8(7-13)9(11)10(14)15-6-4-3-5-12/h7-9H,3-6H2,1-2H3. The lowest BCUT2D eigenvalue weighted by Gasteiger charge is -2.04. The summed E-state index contributed by atoms with van der Waals surface area (Å²) in [7, 11) is 0. The Kier molecular flexibility index (Phi) is 3.83. The summed E-state index contributed by atoms with van der Waals surface area (Å²) in [6.07, 6.45) is 1.77. The van der Waals surface area contributed by atoms with Crippen molar-refractivity contribution in [3.8, 4) is 0 Å². The molecule has 0 amide bonds. The highest BCUT2D eigenvalue weighted by Gasteiger charge is 2.62. The topological polar surface area (TPSA) is 43.4 Å². The minimum absolute atomic E-state index is 0.217. The molecule has 0 aliphatic heterocycles. The maximum absolute atomic E-state index is 11.7. The number of hydrogen-bond donors (Lipinski definition) is 0. The Morgan fingerprint density at radius 2 is 2.13 bits per heavy atom. The number of alkyl halides is 1. The van der Waals surface area contributed by atoms with E-state index in [0.29, 0.717) is 12.8 Å². The number of hydrogen-bond acceptors (Lipinski definition) is 3. The first kappa shape index (κ1) is 12.1. The molecule has 4 heteroatoms. The van der Waals surface area contributed by atoms with Gasteiger partial charge in [0, 0.05) is 5.92 Å². The Labute approximate surface area is 89.0 Å². The first-order chi connectivity index (χ1) is 7.05. The molecular weight excluding hydrogens is 199 g/mol. The predicted molar refractivity (Wildman–Crippen MR) is 53.0 cm³/mol. The van der Waals surface area contributed by atoms with Gasteiger partial charge in [-0.25, -0.2) is 0 Å². The van der Waals surface area contributed by atoms with Gasteiger partial charge >= 0.3 is 5.97 Å². The number of esters is 1. The average Bonchev–Trinajstić information content (AvgIpc) is 2.75. The SMILES string of the molecule is CC1(C)C(C=O)C1C(=O)OCCCCF. The molecule has 0 spiro atoms. The summed E-state index contributed by atoms with van der Waals surface area (Å²) >= 11 is 0. The summed E-state index contributed by atoms with van der Waals surface area (Å²) < 4.78 is 16.7. The molecule has 0 heterocycles. The fraction of sp³-hybridized carbons (Fsp3) is 0.818. The van der Waals surface area contributed by atoms with E-state index in [1.807, 2.05) is 13.8 Å². The molecule has 1 rings (SSSR count). The van der Waals surface area contributed by atoms with E-state index >= 15 is 0 Å². The first-order valence-electron chi connectivity index (χ1n) is 5.23. The van der Waals surface area contributed by atoms with Crippen LogP contribution in [0, 0.1) is 17.3 Å². The maximum atomic E-state index is 11.7. The Hall–Kier alpha value is -0.930. The quantitative estimate of drug-likeness (QED) is 0.386. The molecule has 3 nitrogen and oxygen atoms in total. The summed E-state index contributed by atoms with van der Waals surface area (Å²) in [5.74, 6) is -0.845. The van der Waals surface area contributed by atoms with E-state index < -0.39 is 0 Å². The molecule has 0 saturated heterocycles. The number of halogens is 1. The van der Waals surface area contributed by atoms with E-state index in [2.05, 4.69) is 0 Å². The average molecular weight is 216 g/mol. The zero-order valence-electron chi connectivity index (χ0n) is 9.16. The first-order valence-corrected chi connectivity index (χ1v) is 5.23. The third-order valence-electron chi connectivity index (χ3n) is 3.08. The fourth-order valence-corrected chi connectivity index (χ4v) is 1.84. The van der Waals surface area contributed by atoms with E-state index in [1.165, 1.54) is 0 Å². The molecule has 1 aliphatic carbocycles. The molecule has 1 fully saturated rings. The largest absolute Gasteiger partial charge is 0.465 e. The second kappa shape index (κ2) is 4.73. The van der Waals surface area contributed by atoms with Crippen LogP contribution in [0.2, 0.25) is 0 Å². The van der Waals surface area contributed by atoms with Gasteiger partial charge in [0.05, 0.1) is 19.2 Å². The summed E-state index contributed by atoms with van der Waals surface area (Å²) in [5.41, 5.74) is -0.265. The molecule has 86 valence electrons. The van der Waals surface area contributed by atoms with Crippen molar-refractivity contribution in [3.63, 3.8) is 0 Å². The van der Waals surface area contributed by atoms with E-state index in [4.69, 9.17) is 4.74 Å². The minimum Gasteiger partial charge on any atom is -0.465 e. The van der Waals surface area contributed by atoms with Gasteiger partial charge in [-0.2, -0.15) is 0 Å². The molecule has 0 radical (unpaired) electrons. The Balaban J connectivity index is 2.27. The smallest absolute Gasteiger partial charge is 0.310 e. The van der Waals surface area contributed by atoms with Crippen LogP contribution in [0.25, 0.3) is 0 Å². The summed E-state index contributed by atoms with van der Waals surface area (Å²) in [4.78, 5) is 22.1. The van der Waals surface area contributed by atoms with Crippen molar-refractivity contribution in [2.75, 3.05) is 13.3 Å². The van der Waals surface area contributed by atoms with E-state index in [1.54, 1.807) is 0 Å². The summed E-state index contributed by atoms with van der Waals surface area (Å²) in [6, 6.07) is 0. The van der Waals surface area contributed by atoms with Crippen LogP contribution in [-0.4, -0.2) is 25.5 Å². The second-order valence-corrected chi connectivity index (χ2v) is 4.52. The van der Waals surface area contributed by atoms with Crippen LogP contribution in [0.1, 0.15) is 26.7 Å². The lowest BCUT2D eigenvalue weighted by atomic mass is 10.1. The van der Waals surface area contributed by atoms with Crippen molar-refractivity contribution in [3.05, 3.63) is 0 Å². The second-order valence-electron chi connectivity index (χ2n) is 4.52. The van der Waals surface area contributed by atoms with Crippen LogP contribution in [0.15, 0.2) is 0 Å². The van der Waals surface area contributed by atoms with Gasteiger partial charge in [0.2, 0.25) is 0 Å². The van der Waals surface area contributed by atoms with E-state index in [-0.39, 0.29) is 36.5 Å². The zero-order chi connectivity index (χ0) is 11.5. The zero-order valence-corrected chi connectivity index (χ0v) is 9.16. The van der Waals surface area contributed by atoms with Gasteiger partial charge in [-0.3, -0.25) is 9.18 Å². The molecule has 2 atom stereocenters. The van der Waals surface area contributed by atoms with Gasteiger partial charge in [0.15, 0.2) is 0 Å². The fourth-order valence-electron chi connectivity index (χ4n) is 1.84. The predicted octanol–water partition coefficient (Wildman–Crippen LogP) is 1.75. The van der Waals surface area contributed by atoms with Crippen molar-refractivity contribution >= 4 is 12.3 Å². The highest BCUT2D eigenvalue weighted by Crippen LogP contribution is 2.57. The van der Waals surface area contributed by atoms with Crippen LogP contribution in [0.4, 0.5) is 4.39 Å². The maximum Gasteiger partial charge on any atom is 0.310 e. The Bertz CT molecular complexity index is 250. The van der Waals surface area contributed by atoms with Crippen LogP contribution < -0.4 is 0 Å². The van der Waals surface area contributed by atoms with Crippen LogP contribution in [-0.2, 0) is 14.3 Å². The highest BCUT2D eigenvalue weighted by molar-refractivity contribution is 5.84. The molecule has 0 aromatic carbocycles. The van der Waals surface area contributed by atoms with Crippen LogP contribution in [0.3, 0.4) is 0 Å². The number of ether oxygens (including phenoxy) is 1. The lowest BCUT2D eigenvalue weighted by molar-refractivity contribution is -0.146. The van der Waals surface area contributed by atoms with Crippen molar-refractivity contribution in [2.45, 2.75) is 26.7 Å². The highest BCUT2D eigenvalue weighted by atomic mass is 19.1. The molecule has 0 aromatic heterocycles. The third-order valence-corrected chi connectivity index (χ3v) is 3.08. The molecule has 0 bridgehead atoms. The molecular formula is C11H17FO3. The summed E-state index contributed by atoms with van der Waals surface area (Å²) in [6.45, 7) is 3.61. The van der Waals surface area contributed by atoms with Gasteiger partial charge < -0.3 is 9.53 Å². The number of unbranched alkanes of at least 4 members (excludes halogenated alkanes) is 1. The Morgan fingerprint density at radius 1 is 1.47 bits per heavy atom. The monoisotopic (exact) mass is 216 g/mol. The van der Waals surface area contributed by atoms with Crippen molar-refractivity contribution < 1.29 is 18.7 Å². The molecule has 0 aromatic rings. The van der Waals surface area contributed by atoms with Crippen LogP contribution in [0.5, 0.6) is 0 Å². The molecule has 0 N–H and O–H groups in total. The number of aldehydes is 1. The van der Waals surface area contributed by atoms with Gasteiger partial charge in [-0.05, 0) is 18.3 Å². The molecule has 1 aliphatic rings. The molecule has 15 heavy (non-hydrogen) atoms.